The van der Waals surface area contributed by atoms with E-state index in [0.29, 0.717) is 30.1 Å². The second-order valence-corrected chi connectivity index (χ2v) is 7.59. The van der Waals surface area contributed by atoms with Crippen LogP contribution in [-0.2, 0) is 14.8 Å². The van der Waals surface area contributed by atoms with Gasteiger partial charge in [-0.05, 0) is 60.4 Å². The van der Waals surface area contributed by atoms with Crippen LogP contribution < -0.4 is 10.0 Å². The summed E-state index contributed by atoms with van der Waals surface area (Å²) in [5.41, 5.74) is 0. The monoisotopic (exact) mass is 376 g/mol. The zero-order valence-corrected chi connectivity index (χ0v) is 14.2. The van der Waals surface area contributed by atoms with Gasteiger partial charge in [0.1, 0.15) is 0 Å². The Labute approximate surface area is 134 Å². The van der Waals surface area contributed by atoms with E-state index in [9.17, 15) is 8.42 Å². The van der Waals surface area contributed by atoms with Gasteiger partial charge in [0.25, 0.3) is 0 Å². The quantitative estimate of drug-likeness (QED) is 0.713. The molecule has 1 saturated heterocycles. The Balaban J connectivity index is 1.71. The lowest BCUT2D eigenvalue weighted by Crippen LogP contribution is -2.33. The average molecular weight is 377 g/mol. The third-order valence-corrected chi connectivity index (χ3v) is 5.85. The highest BCUT2D eigenvalue weighted by atomic mass is 79.9. The van der Waals surface area contributed by atoms with E-state index in [-0.39, 0.29) is 4.90 Å². The van der Waals surface area contributed by atoms with Crippen molar-refractivity contribution in [3.63, 3.8) is 0 Å². The predicted molar refractivity (Wildman–Crippen MR) is 85.8 cm³/mol. The Kier molecular flexibility index (Phi) is 6.63. The molecule has 2 rings (SSSR count). The van der Waals surface area contributed by atoms with E-state index in [1.54, 1.807) is 24.3 Å². The maximum atomic E-state index is 12.1. The standard InChI is InChI=1S/C14H21BrN2O3S/c15-13-4-1-2-5-14(13)21(18,19)17-8-3-11-20-12-6-9-16-10-7-12/h1-2,4-5,12,16-17H,3,6-11H2. The van der Waals surface area contributed by atoms with Crippen molar-refractivity contribution in [3.8, 4) is 0 Å². The van der Waals surface area contributed by atoms with Crippen molar-refractivity contribution in [1.82, 2.24) is 10.0 Å². The fourth-order valence-electron chi connectivity index (χ4n) is 2.23. The number of piperidine rings is 1. The zero-order chi connectivity index (χ0) is 15.1. The molecular formula is C14H21BrN2O3S. The summed E-state index contributed by atoms with van der Waals surface area (Å²) in [5.74, 6) is 0. The molecule has 1 aliphatic rings. The number of nitrogens with one attached hydrogen (secondary N) is 2. The van der Waals surface area contributed by atoms with Crippen LogP contribution in [0.2, 0.25) is 0 Å². The molecule has 2 N–H and O–H groups in total. The molecule has 1 aromatic rings. The van der Waals surface area contributed by atoms with E-state index < -0.39 is 10.0 Å². The Morgan fingerprint density at radius 3 is 2.71 bits per heavy atom. The Morgan fingerprint density at radius 2 is 2.00 bits per heavy atom. The van der Waals surface area contributed by atoms with Crippen LogP contribution in [0.1, 0.15) is 19.3 Å². The van der Waals surface area contributed by atoms with E-state index >= 15 is 0 Å². The van der Waals surface area contributed by atoms with Gasteiger partial charge in [0.05, 0.1) is 11.0 Å². The van der Waals surface area contributed by atoms with Crippen LogP contribution >= 0.6 is 15.9 Å². The molecule has 0 aromatic heterocycles. The normalized spacial score (nSPS) is 17.0. The average Bonchev–Trinajstić information content (AvgIpc) is 2.48. The first-order valence-corrected chi connectivity index (χ1v) is 9.44. The van der Waals surface area contributed by atoms with Crippen molar-refractivity contribution in [2.24, 2.45) is 0 Å². The molecule has 5 nitrogen and oxygen atoms in total. The molecule has 7 heteroatoms. The SMILES string of the molecule is O=S(=O)(NCCCOC1CCNCC1)c1ccccc1Br. The Bertz CT molecular complexity index is 545. The molecule has 0 amide bonds. The lowest BCUT2D eigenvalue weighted by Gasteiger charge is -2.22. The predicted octanol–water partition coefficient (Wildman–Crippen LogP) is 1.89. The molecule has 0 bridgehead atoms. The van der Waals surface area contributed by atoms with Gasteiger partial charge in [0, 0.05) is 17.6 Å². The van der Waals surface area contributed by atoms with Gasteiger partial charge in [-0.1, -0.05) is 12.1 Å². The molecule has 0 spiro atoms. The molecule has 1 aliphatic heterocycles. The number of sulfonamides is 1. The Hall–Kier alpha value is -0.470. The van der Waals surface area contributed by atoms with E-state index in [0.717, 1.165) is 25.9 Å². The van der Waals surface area contributed by atoms with Crippen LogP contribution in [0.25, 0.3) is 0 Å². The van der Waals surface area contributed by atoms with Crippen molar-refractivity contribution < 1.29 is 13.2 Å². The largest absolute Gasteiger partial charge is 0.378 e. The molecule has 1 heterocycles. The van der Waals surface area contributed by atoms with Crippen LogP contribution in [0.3, 0.4) is 0 Å². The summed E-state index contributed by atoms with van der Waals surface area (Å²) in [6, 6.07) is 6.79. The first-order valence-electron chi connectivity index (χ1n) is 7.16. The third-order valence-electron chi connectivity index (χ3n) is 3.38. The number of halogens is 1. The van der Waals surface area contributed by atoms with Crippen LogP contribution in [0, 0.1) is 0 Å². The Morgan fingerprint density at radius 1 is 1.29 bits per heavy atom. The fraction of sp³-hybridized carbons (Fsp3) is 0.571. The molecule has 0 unspecified atom stereocenters. The van der Waals surface area contributed by atoms with Crippen molar-refractivity contribution in [3.05, 3.63) is 28.7 Å². The minimum absolute atomic E-state index is 0.268. The molecule has 1 fully saturated rings. The summed E-state index contributed by atoms with van der Waals surface area (Å²) in [6.45, 7) is 2.97. The summed E-state index contributed by atoms with van der Waals surface area (Å²) in [6.07, 6.45) is 3.05. The number of benzene rings is 1. The minimum Gasteiger partial charge on any atom is -0.378 e. The van der Waals surface area contributed by atoms with Gasteiger partial charge in [-0.15, -0.1) is 0 Å². The molecule has 118 valence electrons. The van der Waals surface area contributed by atoms with Gasteiger partial charge in [-0.3, -0.25) is 0 Å². The number of ether oxygens (including phenoxy) is 1. The lowest BCUT2D eigenvalue weighted by molar-refractivity contribution is 0.0322. The van der Waals surface area contributed by atoms with Crippen molar-refractivity contribution in [2.45, 2.75) is 30.3 Å². The van der Waals surface area contributed by atoms with Gasteiger partial charge in [0.15, 0.2) is 0 Å². The highest BCUT2D eigenvalue weighted by Gasteiger charge is 2.16. The van der Waals surface area contributed by atoms with Crippen LogP contribution in [0.4, 0.5) is 0 Å². The first kappa shape index (κ1) is 16.9. The maximum absolute atomic E-state index is 12.1. The minimum atomic E-state index is -3.46. The van der Waals surface area contributed by atoms with Gasteiger partial charge >= 0.3 is 0 Å². The summed E-state index contributed by atoms with van der Waals surface area (Å²) >= 11 is 3.26. The highest BCUT2D eigenvalue weighted by Crippen LogP contribution is 2.20. The zero-order valence-electron chi connectivity index (χ0n) is 11.8. The second kappa shape index (κ2) is 8.24. The van der Waals surface area contributed by atoms with Gasteiger partial charge < -0.3 is 10.1 Å². The molecule has 21 heavy (non-hydrogen) atoms. The van der Waals surface area contributed by atoms with E-state index in [1.165, 1.54) is 0 Å². The van der Waals surface area contributed by atoms with Crippen LogP contribution in [0.5, 0.6) is 0 Å². The third kappa shape index (κ3) is 5.34. The maximum Gasteiger partial charge on any atom is 0.241 e. The van der Waals surface area contributed by atoms with Crippen LogP contribution in [-0.4, -0.2) is 40.8 Å². The van der Waals surface area contributed by atoms with Crippen LogP contribution in [0.15, 0.2) is 33.6 Å². The van der Waals surface area contributed by atoms with Gasteiger partial charge in [-0.2, -0.15) is 0 Å². The summed E-state index contributed by atoms with van der Waals surface area (Å²) < 4.78 is 33.2. The highest BCUT2D eigenvalue weighted by molar-refractivity contribution is 9.10. The van der Waals surface area contributed by atoms with E-state index in [2.05, 4.69) is 26.0 Å². The van der Waals surface area contributed by atoms with Gasteiger partial charge in [-0.25, -0.2) is 13.1 Å². The van der Waals surface area contributed by atoms with Crippen molar-refractivity contribution >= 4 is 26.0 Å². The molecular weight excluding hydrogens is 356 g/mol. The van der Waals surface area contributed by atoms with E-state index in [4.69, 9.17) is 4.74 Å². The topological polar surface area (TPSA) is 67.4 Å². The van der Waals surface area contributed by atoms with Gasteiger partial charge in [0.2, 0.25) is 10.0 Å². The fourth-order valence-corrected chi connectivity index (χ4v) is 4.31. The summed E-state index contributed by atoms with van der Waals surface area (Å²) in [7, 11) is -3.46. The lowest BCUT2D eigenvalue weighted by atomic mass is 10.1. The molecule has 0 aliphatic carbocycles. The van der Waals surface area contributed by atoms with Crippen molar-refractivity contribution in [1.29, 1.82) is 0 Å². The molecule has 1 aromatic carbocycles. The molecule has 0 saturated carbocycles. The smallest absolute Gasteiger partial charge is 0.241 e. The number of rotatable bonds is 7. The summed E-state index contributed by atoms with van der Waals surface area (Å²) in [4.78, 5) is 0.268. The second-order valence-electron chi connectivity index (χ2n) is 5.00. The number of hydrogen-bond acceptors (Lipinski definition) is 4. The van der Waals surface area contributed by atoms with Crippen molar-refractivity contribution in [2.75, 3.05) is 26.2 Å². The first-order chi connectivity index (χ1) is 10.1. The van der Waals surface area contributed by atoms with E-state index in [1.807, 2.05) is 0 Å². The number of hydrogen-bond donors (Lipinski definition) is 2. The molecule has 0 atom stereocenters. The molecule has 0 radical (unpaired) electrons. The summed E-state index contributed by atoms with van der Waals surface area (Å²) in [5, 5.41) is 3.28.